The quantitative estimate of drug-likeness (QED) is 0.348. The van der Waals surface area contributed by atoms with Crippen LogP contribution < -0.4 is 0 Å². The van der Waals surface area contributed by atoms with Crippen molar-refractivity contribution in [1.29, 1.82) is 0 Å². The largest absolute Gasteiger partial charge is 0.416 e. The van der Waals surface area contributed by atoms with Gasteiger partial charge in [0.1, 0.15) is 5.82 Å². The van der Waals surface area contributed by atoms with Crippen LogP contribution in [0, 0.1) is 11.7 Å². The molecule has 2 aliphatic rings. The molecule has 1 atom stereocenters. The molecule has 11 heteroatoms. The average Bonchev–Trinajstić information content (AvgIpc) is 2.90. The zero-order valence-corrected chi connectivity index (χ0v) is 25.2. The molecule has 0 radical (unpaired) electrons. The summed E-state index contributed by atoms with van der Waals surface area (Å²) >= 11 is 3.09. The van der Waals surface area contributed by atoms with Gasteiger partial charge < -0.3 is 14.7 Å². The van der Waals surface area contributed by atoms with Crippen LogP contribution in [0.5, 0.6) is 0 Å². The number of alkyl halides is 3. The van der Waals surface area contributed by atoms with E-state index in [1.165, 1.54) is 23.1 Å². The van der Waals surface area contributed by atoms with Gasteiger partial charge in [-0.25, -0.2) is 4.39 Å². The molecule has 0 spiro atoms. The maximum absolute atomic E-state index is 13.6. The summed E-state index contributed by atoms with van der Waals surface area (Å²) in [4.78, 5) is 33.4. The molecule has 2 aliphatic heterocycles. The second-order valence-corrected chi connectivity index (χ2v) is 12.3. The average molecular weight is 642 g/mol. The lowest BCUT2D eigenvalue weighted by Gasteiger charge is -2.48. The van der Waals surface area contributed by atoms with Gasteiger partial charge in [-0.15, -0.1) is 0 Å². The molecule has 0 N–H and O–H groups in total. The summed E-state index contributed by atoms with van der Waals surface area (Å²) in [6, 6.07) is 9.85. The van der Waals surface area contributed by atoms with Gasteiger partial charge in [-0.1, -0.05) is 28.1 Å². The van der Waals surface area contributed by atoms with Gasteiger partial charge in [0.2, 0.25) is 5.91 Å². The van der Waals surface area contributed by atoms with Crippen LogP contribution in [0.1, 0.15) is 46.7 Å². The third kappa shape index (κ3) is 8.08. The lowest BCUT2D eigenvalue weighted by atomic mass is 9.92. The minimum Gasteiger partial charge on any atom is -0.349 e. The first kappa shape index (κ1) is 31.4. The van der Waals surface area contributed by atoms with Gasteiger partial charge >= 0.3 is 6.18 Å². The van der Waals surface area contributed by atoms with Crippen LogP contribution in [0.4, 0.5) is 17.6 Å². The summed E-state index contributed by atoms with van der Waals surface area (Å²) < 4.78 is 53.8. The lowest BCUT2D eigenvalue weighted by Crippen LogP contribution is -2.61. The Bertz CT molecular complexity index is 1210. The summed E-state index contributed by atoms with van der Waals surface area (Å²) in [5, 5.41) is 0. The van der Waals surface area contributed by atoms with E-state index >= 15 is 0 Å². The number of likely N-dealkylation sites (tertiary alicyclic amines) is 2. The van der Waals surface area contributed by atoms with Crippen LogP contribution in [-0.2, 0) is 11.0 Å². The van der Waals surface area contributed by atoms with Crippen molar-refractivity contribution in [2.24, 2.45) is 5.92 Å². The number of rotatable bonds is 9. The molecule has 0 aliphatic carbocycles. The number of likely N-dealkylation sites (N-methyl/N-ethyl adjacent to an activating group) is 1. The fourth-order valence-corrected chi connectivity index (χ4v) is 6.27. The summed E-state index contributed by atoms with van der Waals surface area (Å²) in [7, 11) is 5.18. The van der Waals surface area contributed by atoms with Crippen LogP contribution in [0.3, 0.4) is 0 Å². The van der Waals surface area contributed by atoms with Crippen molar-refractivity contribution in [3.63, 3.8) is 0 Å². The van der Waals surface area contributed by atoms with Gasteiger partial charge in [0.25, 0.3) is 5.91 Å². The Kier molecular flexibility index (Phi) is 10.1. The van der Waals surface area contributed by atoms with Crippen LogP contribution >= 0.6 is 15.9 Å². The molecule has 0 bridgehead atoms. The monoisotopic (exact) mass is 640 g/mol. The van der Waals surface area contributed by atoms with E-state index < -0.39 is 17.6 Å². The second-order valence-electron chi connectivity index (χ2n) is 11.4. The highest BCUT2D eigenvalue weighted by molar-refractivity contribution is 9.10. The maximum atomic E-state index is 13.6. The predicted octanol–water partition coefficient (Wildman–Crippen LogP) is 5.34. The summed E-state index contributed by atoms with van der Waals surface area (Å²) in [5.41, 5.74) is -0.0609. The Balaban J connectivity index is 1.35. The van der Waals surface area contributed by atoms with Crippen LogP contribution in [0.2, 0.25) is 0 Å². The van der Waals surface area contributed by atoms with Gasteiger partial charge in [0.05, 0.1) is 5.56 Å². The zero-order chi connectivity index (χ0) is 29.9. The Labute approximate surface area is 247 Å². The fraction of sp³-hybridized carbons (Fsp3) is 0.533. The first-order valence-corrected chi connectivity index (χ1v) is 14.7. The summed E-state index contributed by atoms with van der Waals surface area (Å²) in [6.45, 7) is 4.75. The lowest BCUT2D eigenvalue weighted by molar-refractivity contribution is -0.137. The van der Waals surface area contributed by atoms with Gasteiger partial charge in [-0.2, -0.15) is 13.2 Å². The van der Waals surface area contributed by atoms with Gasteiger partial charge in [0.15, 0.2) is 0 Å². The van der Waals surface area contributed by atoms with Crippen molar-refractivity contribution in [3.8, 4) is 0 Å². The van der Waals surface area contributed by atoms with E-state index in [-0.39, 0.29) is 40.1 Å². The predicted molar refractivity (Wildman–Crippen MR) is 153 cm³/mol. The molecular formula is C30H37BrF4N4O2. The molecule has 2 amide bonds. The van der Waals surface area contributed by atoms with Gasteiger partial charge in [0, 0.05) is 68.7 Å². The molecule has 2 fully saturated rings. The Hall–Kier alpha value is -2.50. The van der Waals surface area contributed by atoms with Gasteiger partial charge in [-0.05, 0) is 74.8 Å². The number of piperidine rings is 1. The van der Waals surface area contributed by atoms with E-state index in [1.54, 1.807) is 38.2 Å². The molecule has 4 rings (SSSR count). The molecule has 41 heavy (non-hydrogen) atoms. The topological polar surface area (TPSA) is 47.1 Å². The van der Waals surface area contributed by atoms with Crippen molar-refractivity contribution >= 4 is 27.7 Å². The Morgan fingerprint density at radius 1 is 1.02 bits per heavy atom. The molecule has 0 saturated carbocycles. The highest BCUT2D eigenvalue weighted by Gasteiger charge is 2.36. The standard InChI is InChI=1S/C30H37BrF4N4O2/c1-36(2)28(40)21-9-12-39(13-10-21)27-18-38(19-27)11-8-22(20-4-6-26(32)7-5-20)17-37(3)29(41)23-14-24(30(33,34)35)16-25(31)15-23/h4-7,14-16,21-22,27H,8-13,17-19H2,1-3H3. The van der Waals surface area contributed by atoms with E-state index in [2.05, 4.69) is 25.7 Å². The molecule has 2 aromatic rings. The van der Waals surface area contributed by atoms with E-state index in [9.17, 15) is 27.2 Å². The molecule has 224 valence electrons. The molecule has 6 nitrogen and oxygen atoms in total. The SMILES string of the molecule is CN(C)C(=O)C1CCN(C2CN(CCC(CN(C)C(=O)c3cc(Br)cc(C(F)(F)F)c3)c3ccc(F)cc3)C2)CC1. The summed E-state index contributed by atoms with van der Waals surface area (Å²) in [6.07, 6.45) is -2.10. The van der Waals surface area contributed by atoms with E-state index in [4.69, 9.17) is 0 Å². The number of halogens is 5. The van der Waals surface area contributed by atoms with E-state index in [0.717, 1.165) is 63.3 Å². The van der Waals surface area contributed by atoms with E-state index in [1.807, 2.05) is 0 Å². The molecular weight excluding hydrogens is 604 g/mol. The fourth-order valence-electron chi connectivity index (χ4n) is 5.78. The molecule has 2 aromatic carbocycles. The number of hydrogen-bond acceptors (Lipinski definition) is 4. The number of carbonyl (C=O) groups excluding carboxylic acids is 2. The van der Waals surface area contributed by atoms with Crippen molar-refractivity contribution in [1.82, 2.24) is 19.6 Å². The van der Waals surface area contributed by atoms with Crippen LogP contribution in [-0.4, -0.2) is 97.9 Å². The summed E-state index contributed by atoms with van der Waals surface area (Å²) in [5.74, 6) is -0.677. The normalized spacial score (nSPS) is 18.1. The van der Waals surface area contributed by atoms with Crippen molar-refractivity contribution in [2.75, 3.05) is 60.4 Å². The first-order chi connectivity index (χ1) is 19.3. The number of benzene rings is 2. The highest BCUT2D eigenvalue weighted by atomic mass is 79.9. The molecule has 2 saturated heterocycles. The van der Waals surface area contributed by atoms with E-state index in [0.29, 0.717) is 12.5 Å². The first-order valence-electron chi connectivity index (χ1n) is 13.9. The number of carbonyl (C=O) groups is 2. The Morgan fingerprint density at radius 3 is 2.24 bits per heavy atom. The number of amides is 2. The molecule has 0 aromatic heterocycles. The third-order valence-electron chi connectivity index (χ3n) is 8.22. The third-order valence-corrected chi connectivity index (χ3v) is 8.68. The van der Waals surface area contributed by atoms with Crippen molar-refractivity contribution in [3.05, 3.63) is 69.4 Å². The van der Waals surface area contributed by atoms with Gasteiger partial charge in [-0.3, -0.25) is 14.5 Å². The van der Waals surface area contributed by atoms with Crippen molar-refractivity contribution < 1.29 is 27.2 Å². The molecule has 2 heterocycles. The zero-order valence-electron chi connectivity index (χ0n) is 23.6. The minimum absolute atomic E-state index is 0.0475. The minimum atomic E-state index is -4.57. The smallest absolute Gasteiger partial charge is 0.349 e. The Morgan fingerprint density at radius 2 is 1.66 bits per heavy atom. The number of hydrogen-bond donors (Lipinski definition) is 0. The highest BCUT2D eigenvalue weighted by Crippen LogP contribution is 2.33. The van der Waals surface area contributed by atoms with Crippen LogP contribution in [0.15, 0.2) is 46.9 Å². The second kappa shape index (κ2) is 13.2. The molecule has 1 unspecified atom stereocenters. The number of nitrogens with zero attached hydrogens (tertiary/aromatic N) is 4. The maximum Gasteiger partial charge on any atom is 0.416 e. The van der Waals surface area contributed by atoms with Crippen molar-refractivity contribution in [2.45, 2.75) is 37.4 Å². The van der Waals surface area contributed by atoms with Crippen LogP contribution in [0.25, 0.3) is 0 Å².